The molecule has 7 aromatic rings. The van der Waals surface area contributed by atoms with Gasteiger partial charge in [-0.3, -0.25) is 0 Å². The third kappa shape index (κ3) is 3.88. The zero-order chi connectivity index (χ0) is 28.3. The zero-order valence-electron chi connectivity index (χ0n) is 22.8. The van der Waals surface area contributed by atoms with Crippen molar-refractivity contribution < 1.29 is 9.47 Å². The first kappa shape index (κ1) is 24.1. The second-order valence-electron chi connectivity index (χ2n) is 10.5. The van der Waals surface area contributed by atoms with E-state index >= 15 is 0 Å². The maximum atomic E-state index is 6.34. The Hall–Kier alpha value is -5.59. The van der Waals surface area contributed by atoms with Gasteiger partial charge in [-0.2, -0.15) is 0 Å². The lowest BCUT2D eigenvalue weighted by Crippen LogP contribution is -2.18. The van der Waals surface area contributed by atoms with E-state index < -0.39 is 0 Å². The van der Waals surface area contributed by atoms with Crippen LogP contribution in [0.2, 0.25) is 0 Å². The van der Waals surface area contributed by atoms with Crippen LogP contribution in [0.3, 0.4) is 0 Å². The first-order valence-corrected chi connectivity index (χ1v) is 14.9. The first-order valence-electron chi connectivity index (χ1n) is 14.1. The normalized spacial score (nSPS) is 12.9. The molecule has 6 heteroatoms. The summed E-state index contributed by atoms with van der Waals surface area (Å²) in [6.07, 6.45) is 0. The highest BCUT2D eigenvalue weighted by atomic mass is 32.1. The molecule has 0 bridgehead atoms. The summed E-state index contributed by atoms with van der Waals surface area (Å²) < 4.78 is 13.8. The highest BCUT2D eigenvalue weighted by Crippen LogP contribution is 2.54. The van der Waals surface area contributed by atoms with Crippen LogP contribution in [-0.2, 0) is 0 Å². The number of anilines is 6. The third-order valence-electron chi connectivity index (χ3n) is 7.82. The van der Waals surface area contributed by atoms with E-state index in [0.717, 1.165) is 77.9 Å². The van der Waals surface area contributed by atoms with Crippen molar-refractivity contribution >= 4 is 55.7 Å². The fourth-order valence-corrected chi connectivity index (χ4v) is 6.89. The average Bonchev–Trinajstić information content (AvgIpc) is 3.50. The van der Waals surface area contributed by atoms with Gasteiger partial charge in [-0.25, -0.2) is 4.98 Å². The lowest BCUT2D eigenvalue weighted by Gasteiger charge is -2.35. The van der Waals surface area contributed by atoms with E-state index in [1.54, 1.807) is 11.3 Å². The monoisotopic (exact) mass is 573 g/mol. The van der Waals surface area contributed by atoms with E-state index in [4.69, 9.17) is 14.5 Å². The minimum atomic E-state index is 0.815. The van der Waals surface area contributed by atoms with Gasteiger partial charge in [-0.1, -0.05) is 60.7 Å². The van der Waals surface area contributed by atoms with Crippen molar-refractivity contribution in [3.8, 4) is 33.6 Å². The number of hydrogen-bond donors (Lipinski definition) is 0. The summed E-state index contributed by atoms with van der Waals surface area (Å²) in [6, 6.07) is 47.8. The Kier molecular flexibility index (Phi) is 5.30. The van der Waals surface area contributed by atoms with Crippen LogP contribution in [0.15, 0.2) is 140 Å². The van der Waals surface area contributed by atoms with Gasteiger partial charge >= 0.3 is 0 Å². The second kappa shape index (κ2) is 9.48. The van der Waals surface area contributed by atoms with Gasteiger partial charge in [0.05, 0.1) is 33.0 Å². The molecule has 0 atom stereocenters. The number of thiazole rings is 1. The van der Waals surface area contributed by atoms with Crippen LogP contribution in [0.4, 0.5) is 34.1 Å². The number of nitrogens with zero attached hydrogens (tertiary/aromatic N) is 3. The molecule has 0 aliphatic carbocycles. The summed E-state index contributed by atoms with van der Waals surface area (Å²) in [5.74, 6) is 3.26. The molecule has 204 valence electrons. The predicted molar refractivity (Wildman–Crippen MR) is 175 cm³/mol. The molecule has 0 N–H and O–H groups in total. The Morgan fingerprint density at radius 2 is 0.884 bits per heavy atom. The Bertz CT molecular complexity index is 1950. The van der Waals surface area contributed by atoms with Crippen molar-refractivity contribution in [3.63, 3.8) is 0 Å². The quantitative estimate of drug-likeness (QED) is 0.210. The summed E-state index contributed by atoms with van der Waals surface area (Å²) in [5, 5.41) is 0.967. The smallest absolute Gasteiger partial charge is 0.151 e. The number of rotatable bonds is 3. The Morgan fingerprint density at radius 3 is 1.35 bits per heavy atom. The molecule has 0 saturated heterocycles. The third-order valence-corrected chi connectivity index (χ3v) is 8.91. The molecule has 2 aliphatic rings. The van der Waals surface area contributed by atoms with Crippen molar-refractivity contribution in [1.82, 2.24) is 4.98 Å². The highest BCUT2D eigenvalue weighted by Gasteiger charge is 2.29. The SMILES string of the molecule is c1ccc2c(c1)Oc1ccccc1N2c1cc(-c2nc3ccccc3s2)cc(N2c3ccccc3Oc3ccccc32)c1. The van der Waals surface area contributed by atoms with Crippen LogP contribution in [0.1, 0.15) is 0 Å². The van der Waals surface area contributed by atoms with Gasteiger partial charge in [0.2, 0.25) is 0 Å². The highest BCUT2D eigenvalue weighted by molar-refractivity contribution is 7.21. The van der Waals surface area contributed by atoms with E-state index in [2.05, 4.69) is 94.7 Å². The van der Waals surface area contributed by atoms with Crippen LogP contribution >= 0.6 is 11.3 Å². The molecule has 5 nitrogen and oxygen atoms in total. The molecule has 0 saturated carbocycles. The van der Waals surface area contributed by atoms with Crippen LogP contribution in [0.25, 0.3) is 20.8 Å². The molecule has 0 radical (unpaired) electrons. The van der Waals surface area contributed by atoms with Crippen LogP contribution < -0.4 is 19.3 Å². The zero-order valence-corrected chi connectivity index (χ0v) is 23.7. The van der Waals surface area contributed by atoms with E-state index in [-0.39, 0.29) is 0 Å². The standard InChI is InChI=1S/C37H23N3O2S/c1-10-20-36-27(11-1)38-37(43-36)24-21-25(39-28-12-2-6-16-32(28)41-33-17-7-3-13-29(33)39)23-26(22-24)40-30-14-4-8-18-34(30)42-35-19-9-5-15-31(35)40/h1-23H. The van der Waals surface area contributed by atoms with Crippen molar-refractivity contribution in [2.45, 2.75) is 0 Å². The molecule has 0 fully saturated rings. The number of benzene rings is 6. The van der Waals surface area contributed by atoms with Gasteiger partial charge in [0.1, 0.15) is 5.01 Å². The van der Waals surface area contributed by atoms with Crippen molar-refractivity contribution in [3.05, 3.63) is 140 Å². The average molecular weight is 574 g/mol. The largest absolute Gasteiger partial charge is 0.453 e. The first-order chi connectivity index (χ1) is 21.3. The van der Waals surface area contributed by atoms with Gasteiger partial charge < -0.3 is 19.3 Å². The van der Waals surface area contributed by atoms with Gasteiger partial charge in [0.25, 0.3) is 0 Å². The van der Waals surface area contributed by atoms with Crippen molar-refractivity contribution in [2.24, 2.45) is 0 Å². The number of para-hydroxylation sites is 9. The number of ether oxygens (including phenoxy) is 2. The lowest BCUT2D eigenvalue weighted by atomic mass is 10.1. The maximum Gasteiger partial charge on any atom is 0.151 e. The molecule has 0 amide bonds. The summed E-state index contributed by atoms with van der Waals surface area (Å²) in [6.45, 7) is 0. The van der Waals surface area contributed by atoms with Gasteiger partial charge in [-0.05, 0) is 78.9 Å². The van der Waals surface area contributed by atoms with E-state index in [0.29, 0.717) is 0 Å². The Morgan fingerprint density at radius 1 is 0.465 bits per heavy atom. The Labute approximate surface area is 252 Å². The summed E-state index contributed by atoms with van der Waals surface area (Å²) in [7, 11) is 0. The van der Waals surface area contributed by atoms with Crippen LogP contribution in [0, 0.1) is 0 Å². The fourth-order valence-electron chi connectivity index (χ4n) is 5.94. The van der Waals surface area contributed by atoms with Gasteiger partial charge in [-0.15, -0.1) is 11.3 Å². The molecule has 6 aromatic carbocycles. The van der Waals surface area contributed by atoms with Crippen LogP contribution in [0.5, 0.6) is 23.0 Å². The van der Waals surface area contributed by atoms with Gasteiger partial charge in [0, 0.05) is 16.9 Å². The van der Waals surface area contributed by atoms with Gasteiger partial charge in [0.15, 0.2) is 23.0 Å². The maximum absolute atomic E-state index is 6.34. The second-order valence-corrected chi connectivity index (χ2v) is 11.5. The molecule has 9 rings (SSSR count). The topological polar surface area (TPSA) is 37.8 Å². The molecular formula is C37H23N3O2S. The molecule has 1 aromatic heterocycles. The molecule has 0 spiro atoms. The van der Waals surface area contributed by atoms with E-state index in [1.807, 2.05) is 54.6 Å². The van der Waals surface area contributed by atoms with Crippen molar-refractivity contribution in [2.75, 3.05) is 9.80 Å². The molecule has 3 heterocycles. The number of aromatic nitrogens is 1. The predicted octanol–water partition coefficient (Wildman–Crippen LogP) is 11.1. The van der Waals surface area contributed by atoms with E-state index in [9.17, 15) is 0 Å². The minimum absolute atomic E-state index is 0.815. The molecule has 0 unspecified atom stereocenters. The fraction of sp³-hybridized carbons (Fsp3) is 0. The Balaban J connectivity index is 1.32. The summed E-state index contributed by atoms with van der Waals surface area (Å²) >= 11 is 1.71. The number of fused-ring (bicyclic) bond motifs is 5. The van der Waals surface area contributed by atoms with Crippen molar-refractivity contribution in [1.29, 1.82) is 0 Å². The molecule has 2 aliphatic heterocycles. The molecular weight excluding hydrogens is 550 g/mol. The summed E-state index contributed by atoms with van der Waals surface area (Å²) in [5.41, 5.74) is 7.99. The lowest BCUT2D eigenvalue weighted by molar-refractivity contribution is 0.477. The number of hydrogen-bond acceptors (Lipinski definition) is 6. The van der Waals surface area contributed by atoms with E-state index in [1.165, 1.54) is 0 Å². The van der Waals surface area contributed by atoms with Crippen LogP contribution in [-0.4, -0.2) is 4.98 Å². The molecule has 43 heavy (non-hydrogen) atoms. The summed E-state index contributed by atoms with van der Waals surface area (Å²) in [4.78, 5) is 9.63. The minimum Gasteiger partial charge on any atom is -0.453 e.